The highest BCUT2D eigenvalue weighted by molar-refractivity contribution is 5.84. The molecule has 148 valence electrons. The lowest BCUT2D eigenvalue weighted by molar-refractivity contribution is -0.123. The molecule has 0 saturated heterocycles. The van der Waals surface area contributed by atoms with Crippen LogP contribution in [0.25, 0.3) is 10.8 Å². The number of carbonyl (C=O) groups is 1. The molecule has 3 nitrogen and oxygen atoms in total. The standard InChI is InChI=1S/C24H35NO2/c1-2-3-4-5-6-7-8-9-10-13-18-25-24(26)20-27-23-17-16-21-14-11-12-15-22(21)19-23/h11-12,14-17,19H,2-10,13,18,20H2,1H3,(H,25,26). The van der Waals surface area contributed by atoms with Crippen LogP contribution in [0.3, 0.4) is 0 Å². The number of fused-ring (bicyclic) bond motifs is 1. The molecular formula is C24H35NO2. The molecule has 0 saturated carbocycles. The minimum absolute atomic E-state index is 0.0425. The first kappa shape index (κ1) is 21.3. The van der Waals surface area contributed by atoms with Gasteiger partial charge in [-0.3, -0.25) is 4.79 Å². The summed E-state index contributed by atoms with van der Waals surface area (Å²) in [6.07, 6.45) is 13.1. The summed E-state index contributed by atoms with van der Waals surface area (Å²) < 4.78 is 5.61. The maximum absolute atomic E-state index is 11.9. The van der Waals surface area contributed by atoms with E-state index in [9.17, 15) is 4.79 Å². The molecule has 0 atom stereocenters. The van der Waals surface area contributed by atoms with Gasteiger partial charge in [0.15, 0.2) is 6.61 Å². The van der Waals surface area contributed by atoms with E-state index in [1.165, 1.54) is 63.2 Å². The third-order valence-corrected chi connectivity index (χ3v) is 4.94. The third-order valence-electron chi connectivity index (χ3n) is 4.94. The topological polar surface area (TPSA) is 38.3 Å². The molecule has 3 heteroatoms. The van der Waals surface area contributed by atoms with Gasteiger partial charge >= 0.3 is 0 Å². The van der Waals surface area contributed by atoms with Crippen molar-refractivity contribution < 1.29 is 9.53 Å². The highest BCUT2D eigenvalue weighted by atomic mass is 16.5. The zero-order chi connectivity index (χ0) is 19.2. The quantitative estimate of drug-likeness (QED) is 0.399. The van der Waals surface area contributed by atoms with Crippen molar-refractivity contribution in [3.63, 3.8) is 0 Å². The van der Waals surface area contributed by atoms with Crippen molar-refractivity contribution in [1.82, 2.24) is 5.32 Å². The maximum atomic E-state index is 11.9. The van der Waals surface area contributed by atoms with Gasteiger partial charge in [0, 0.05) is 6.54 Å². The molecule has 27 heavy (non-hydrogen) atoms. The fourth-order valence-corrected chi connectivity index (χ4v) is 3.30. The minimum Gasteiger partial charge on any atom is -0.484 e. The summed E-state index contributed by atoms with van der Waals surface area (Å²) in [5.74, 6) is 0.696. The van der Waals surface area contributed by atoms with E-state index in [-0.39, 0.29) is 12.5 Å². The van der Waals surface area contributed by atoms with Crippen molar-refractivity contribution in [3.05, 3.63) is 42.5 Å². The second-order valence-corrected chi connectivity index (χ2v) is 7.33. The molecule has 1 N–H and O–H groups in total. The fraction of sp³-hybridized carbons (Fsp3) is 0.542. The SMILES string of the molecule is CCCCCCCCCCCCNC(=O)COc1ccc2ccccc2c1. The van der Waals surface area contributed by atoms with Crippen LogP contribution in [0.2, 0.25) is 0 Å². The van der Waals surface area contributed by atoms with Crippen LogP contribution in [-0.4, -0.2) is 19.1 Å². The van der Waals surface area contributed by atoms with Crippen LogP contribution in [0.4, 0.5) is 0 Å². The molecule has 1 amide bonds. The van der Waals surface area contributed by atoms with Crippen LogP contribution in [-0.2, 0) is 4.79 Å². The van der Waals surface area contributed by atoms with Gasteiger partial charge in [-0.05, 0) is 29.3 Å². The van der Waals surface area contributed by atoms with E-state index in [1.807, 2.05) is 36.4 Å². The predicted molar refractivity (Wildman–Crippen MR) is 114 cm³/mol. The molecule has 0 fully saturated rings. The molecule has 0 bridgehead atoms. The van der Waals surface area contributed by atoms with Crippen molar-refractivity contribution in [3.8, 4) is 5.75 Å². The predicted octanol–water partition coefficient (Wildman–Crippen LogP) is 6.26. The Kier molecular flexibility index (Phi) is 10.4. The molecule has 0 aromatic heterocycles. The molecule has 0 spiro atoms. The number of benzene rings is 2. The third kappa shape index (κ3) is 8.94. The Morgan fingerprint density at radius 2 is 1.44 bits per heavy atom. The monoisotopic (exact) mass is 369 g/mol. The highest BCUT2D eigenvalue weighted by Crippen LogP contribution is 2.20. The molecule has 0 radical (unpaired) electrons. The van der Waals surface area contributed by atoms with Crippen molar-refractivity contribution >= 4 is 16.7 Å². The molecule has 2 aromatic rings. The summed E-state index contributed by atoms with van der Waals surface area (Å²) >= 11 is 0. The summed E-state index contributed by atoms with van der Waals surface area (Å²) in [7, 11) is 0. The van der Waals surface area contributed by atoms with E-state index in [1.54, 1.807) is 0 Å². The average molecular weight is 370 g/mol. The fourth-order valence-electron chi connectivity index (χ4n) is 3.30. The smallest absolute Gasteiger partial charge is 0.257 e. The average Bonchev–Trinajstić information content (AvgIpc) is 2.70. The Balaban J connectivity index is 1.47. The van der Waals surface area contributed by atoms with Crippen LogP contribution in [0.5, 0.6) is 5.75 Å². The molecule has 0 aliphatic heterocycles. The first-order chi connectivity index (χ1) is 13.3. The Morgan fingerprint density at radius 3 is 2.15 bits per heavy atom. The number of ether oxygens (including phenoxy) is 1. The zero-order valence-corrected chi connectivity index (χ0v) is 16.8. The number of rotatable bonds is 14. The minimum atomic E-state index is -0.0425. The Hall–Kier alpha value is -2.03. The van der Waals surface area contributed by atoms with Gasteiger partial charge in [0.1, 0.15) is 5.75 Å². The maximum Gasteiger partial charge on any atom is 0.257 e. The van der Waals surface area contributed by atoms with Crippen molar-refractivity contribution in [2.45, 2.75) is 71.1 Å². The van der Waals surface area contributed by atoms with Crippen molar-refractivity contribution in [1.29, 1.82) is 0 Å². The molecule has 0 unspecified atom stereocenters. The Labute approximate surface area is 164 Å². The molecular weight excluding hydrogens is 334 g/mol. The van der Waals surface area contributed by atoms with Gasteiger partial charge in [0.05, 0.1) is 0 Å². The van der Waals surface area contributed by atoms with E-state index in [4.69, 9.17) is 4.74 Å². The second kappa shape index (κ2) is 13.2. The van der Waals surface area contributed by atoms with Crippen LogP contribution < -0.4 is 10.1 Å². The van der Waals surface area contributed by atoms with Gasteiger partial charge < -0.3 is 10.1 Å². The first-order valence-electron chi connectivity index (χ1n) is 10.7. The first-order valence-corrected chi connectivity index (χ1v) is 10.7. The van der Waals surface area contributed by atoms with Gasteiger partial charge in [-0.15, -0.1) is 0 Å². The summed E-state index contributed by atoms with van der Waals surface area (Å²) in [5.41, 5.74) is 0. The van der Waals surface area contributed by atoms with Crippen molar-refractivity contribution in [2.24, 2.45) is 0 Å². The van der Waals surface area contributed by atoms with Gasteiger partial charge in [0.25, 0.3) is 5.91 Å². The van der Waals surface area contributed by atoms with E-state index < -0.39 is 0 Å². The lowest BCUT2D eigenvalue weighted by atomic mass is 10.1. The molecule has 0 aliphatic carbocycles. The van der Waals surface area contributed by atoms with Crippen LogP contribution in [0, 0.1) is 0 Å². The number of nitrogens with one attached hydrogen (secondary N) is 1. The van der Waals surface area contributed by atoms with Crippen LogP contribution in [0.1, 0.15) is 71.1 Å². The van der Waals surface area contributed by atoms with E-state index >= 15 is 0 Å². The molecule has 0 heterocycles. The van der Waals surface area contributed by atoms with Gasteiger partial charge in [-0.1, -0.05) is 95.0 Å². The number of unbranched alkanes of at least 4 members (excludes halogenated alkanes) is 9. The van der Waals surface area contributed by atoms with E-state index in [0.29, 0.717) is 0 Å². The highest BCUT2D eigenvalue weighted by Gasteiger charge is 2.03. The van der Waals surface area contributed by atoms with Gasteiger partial charge in [-0.25, -0.2) is 0 Å². The summed E-state index contributed by atoms with van der Waals surface area (Å²) in [6.45, 7) is 3.08. The van der Waals surface area contributed by atoms with Gasteiger partial charge in [-0.2, -0.15) is 0 Å². The van der Waals surface area contributed by atoms with Gasteiger partial charge in [0.2, 0.25) is 0 Å². The summed E-state index contributed by atoms with van der Waals surface area (Å²) in [4.78, 5) is 11.9. The normalized spacial score (nSPS) is 10.9. The summed E-state index contributed by atoms with van der Waals surface area (Å²) in [6, 6.07) is 14.1. The van der Waals surface area contributed by atoms with Crippen molar-refractivity contribution in [2.75, 3.05) is 13.2 Å². The molecule has 2 aromatic carbocycles. The number of hydrogen-bond donors (Lipinski definition) is 1. The largest absolute Gasteiger partial charge is 0.484 e. The number of amides is 1. The molecule has 0 aliphatic rings. The zero-order valence-electron chi connectivity index (χ0n) is 16.8. The second-order valence-electron chi connectivity index (χ2n) is 7.33. The Bertz CT molecular complexity index is 668. The van der Waals surface area contributed by atoms with E-state index in [2.05, 4.69) is 18.3 Å². The number of carbonyl (C=O) groups excluding carboxylic acids is 1. The van der Waals surface area contributed by atoms with Crippen LogP contribution >= 0.6 is 0 Å². The molecule has 2 rings (SSSR count). The number of hydrogen-bond acceptors (Lipinski definition) is 2. The lowest BCUT2D eigenvalue weighted by Crippen LogP contribution is -2.29. The summed E-state index contributed by atoms with van der Waals surface area (Å²) in [5, 5.41) is 5.25. The van der Waals surface area contributed by atoms with Crippen LogP contribution in [0.15, 0.2) is 42.5 Å². The lowest BCUT2D eigenvalue weighted by Gasteiger charge is -2.08. The Morgan fingerprint density at radius 1 is 0.815 bits per heavy atom. The van der Waals surface area contributed by atoms with E-state index in [0.717, 1.165) is 24.1 Å².